The third kappa shape index (κ3) is 2.91. The van der Waals surface area contributed by atoms with Crippen molar-refractivity contribution in [1.82, 2.24) is 19.9 Å². The molecule has 3 aliphatic heterocycles. The maximum atomic E-state index is 5.14. The lowest BCUT2D eigenvalue weighted by atomic mass is 9.99. The highest BCUT2D eigenvalue weighted by Crippen LogP contribution is 2.39. The largest absolute Gasteiger partial charge is 0.359 e. The zero-order chi connectivity index (χ0) is 23.6. The molecule has 0 atom stereocenters. The molecular weight excluding hydrogens is 444 g/mol. The maximum absolute atomic E-state index is 5.14. The van der Waals surface area contributed by atoms with E-state index in [4.69, 9.17) is 20.0 Å². The Balaban J connectivity index is 1.53. The second-order valence-corrected chi connectivity index (χ2v) is 9.03. The Morgan fingerprint density at radius 2 is 1.31 bits per heavy atom. The first kappa shape index (κ1) is 19.2. The molecule has 8 rings (SSSR count). The minimum Gasteiger partial charge on any atom is -0.359 e. The van der Waals surface area contributed by atoms with Crippen LogP contribution in [0.1, 0.15) is 11.4 Å². The van der Waals surface area contributed by atoms with Gasteiger partial charge in [-0.25, -0.2) is 15.0 Å². The van der Waals surface area contributed by atoms with E-state index in [1.807, 2.05) is 61.0 Å². The first-order valence-corrected chi connectivity index (χ1v) is 11.8. The quantitative estimate of drug-likeness (QED) is 0.331. The molecule has 3 aliphatic rings. The Bertz CT molecular complexity index is 1940. The van der Waals surface area contributed by atoms with Crippen LogP contribution in [0.4, 0.5) is 0 Å². The number of fused-ring (bicyclic) bond motifs is 14. The van der Waals surface area contributed by atoms with Crippen LogP contribution >= 0.6 is 0 Å². The second kappa shape index (κ2) is 7.20. The van der Waals surface area contributed by atoms with Gasteiger partial charge in [-0.3, -0.25) is 4.98 Å². The smallest absolute Gasteiger partial charge is 0.0949 e. The number of H-pyrrole nitrogens is 2. The predicted octanol–water partition coefficient (Wildman–Crippen LogP) is 4.57. The van der Waals surface area contributed by atoms with Crippen LogP contribution in [0.25, 0.3) is 56.9 Å². The molecule has 6 heteroatoms. The lowest BCUT2D eigenvalue weighted by Crippen LogP contribution is -2.12. The minimum atomic E-state index is 0.864. The summed E-state index contributed by atoms with van der Waals surface area (Å²) < 4.78 is 0. The van der Waals surface area contributed by atoms with Crippen molar-refractivity contribution >= 4 is 68.3 Å². The van der Waals surface area contributed by atoms with Crippen molar-refractivity contribution < 1.29 is 0 Å². The molecule has 8 bridgehead atoms. The van der Waals surface area contributed by atoms with Crippen molar-refractivity contribution in [3.05, 3.63) is 107 Å². The summed E-state index contributed by atoms with van der Waals surface area (Å²) in [5.74, 6) is 0. The molecule has 0 unspecified atom stereocenters. The lowest BCUT2D eigenvalue weighted by molar-refractivity contribution is 1.28. The number of allylic oxidation sites excluding steroid dienone is 4. The van der Waals surface area contributed by atoms with Crippen molar-refractivity contribution in [3.63, 3.8) is 0 Å². The second-order valence-electron chi connectivity index (χ2n) is 9.03. The molecule has 7 heterocycles. The fraction of sp³-hybridized carbons (Fsp3) is 0. The molecule has 0 saturated heterocycles. The van der Waals surface area contributed by atoms with Gasteiger partial charge in [-0.2, -0.15) is 0 Å². The average molecular weight is 463 g/mol. The Morgan fingerprint density at radius 1 is 0.639 bits per heavy atom. The summed E-state index contributed by atoms with van der Waals surface area (Å²) in [6, 6.07) is 12.3. The van der Waals surface area contributed by atoms with Gasteiger partial charge in [0.25, 0.3) is 0 Å². The van der Waals surface area contributed by atoms with E-state index in [0.29, 0.717) is 0 Å². The molecular formula is C30H18N6. The SMILES string of the molecule is C1=CC2=NC1=Cc1nc(c3c4ccc[nH]c4c4ncccc4c13)C=C1C=CC(=N1)C=c1ccc([nH]1)=C2. The summed E-state index contributed by atoms with van der Waals surface area (Å²) in [4.78, 5) is 26.4. The third-order valence-electron chi connectivity index (χ3n) is 6.72. The van der Waals surface area contributed by atoms with Gasteiger partial charge in [0.15, 0.2) is 0 Å². The van der Waals surface area contributed by atoms with Gasteiger partial charge < -0.3 is 9.97 Å². The number of aromatic nitrogens is 4. The molecule has 0 radical (unpaired) electrons. The number of nitrogens with zero attached hydrogens (tertiary/aromatic N) is 4. The topological polar surface area (TPSA) is 82.1 Å². The van der Waals surface area contributed by atoms with Crippen LogP contribution in [0.5, 0.6) is 0 Å². The molecule has 0 fully saturated rings. The van der Waals surface area contributed by atoms with Crippen molar-refractivity contribution in [3.8, 4) is 0 Å². The normalized spacial score (nSPS) is 16.1. The predicted molar refractivity (Wildman–Crippen MR) is 147 cm³/mol. The summed E-state index contributed by atoms with van der Waals surface area (Å²) in [5, 5.41) is 6.28. The molecule has 5 aromatic rings. The zero-order valence-electron chi connectivity index (χ0n) is 19.0. The number of benzene rings is 1. The summed E-state index contributed by atoms with van der Waals surface area (Å²) in [6.07, 6.45) is 20.1. The van der Waals surface area contributed by atoms with Crippen LogP contribution in [0.2, 0.25) is 0 Å². The summed E-state index contributed by atoms with van der Waals surface area (Å²) in [5.41, 5.74) is 7.19. The van der Waals surface area contributed by atoms with E-state index in [1.165, 1.54) is 0 Å². The minimum absolute atomic E-state index is 0.864. The summed E-state index contributed by atoms with van der Waals surface area (Å²) in [7, 11) is 0. The van der Waals surface area contributed by atoms with E-state index in [1.54, 1.807) is 0 Å². The molecule has 0 saturated carbocycles. The van der Waals surface area contributed by atoms with Crippen LogP contribution in [0.3, 0.4) is 0 Å². The van der Waals surface area contributed by atoms with Crippen LogP contribution in [0.15, 0.2) is 94.5 Å². The highest BCUT2D eigenvalue weighted by Gasteiger charge is 2.19. The van der Waals surface area contributed by atoms with Gasteiger partial charge in [0.2, 0.25) is 0 Å². The third-order valence-corrected chi connectivity index (χ3v) is 6.72. The number of aromatic amines is 2. The van der Waals surface area contributed by atoms with Crippen molar-refractivity contribution in [1.29, 1.82) is 0 Å². The molecule has 0 spiro atoms. The number of hydrogen-bond donors (Lipinski definition) is 2. The summed E-state index contributed by atoms with van der Waals surface area (Å²) in [6.45, 7) is 0. The van der Waals surface area contributed by atoms with Crippen LogP contribution in [-0.2, 0) is 0 Å². The van der Waals surface area contributed by atoms with Crippen molar-refractivity contribution in [2.24, 2.45) is 9.98 Å². The standard InChI is InChI=1S/C30H18N6/c1-3-23-27-25-15-21-9-7-19(34-21)13-17-5-6-18(33-17)14-20-8-10-22(35-20)16-26(36-25)28(27)24-4-2-12-32-30(24)29(23)31-11-1/h1-16,31,33H. The molecule has 6 nitrogen and oxygen atoms in total. The van der Waals surface area contributed by atoms with Crippen LogP contribution < -0.4 is 10.7 Å². The molecule has 0 amide bonds. The first-order valence-electron chi connectivity index (χ1n) is 11.8. The maximum Gasteiger partial charge on any atom is 0.0949 e. The Labute approximate surface area is 204 Å². The highest BCUT2D eigenvalue weighted by atomic mass is 14.8. The Morgan fingerprint density at radius 3 is 2.03 bits per heavy atom. The van der Waals surface area contributed by atoms with Gasteiger partial charge in [-0.1, -0.05) is 12.1 Å². The van der Waals surface area contributed by atoms with Crippen molar-refractivity contribution in [2.75, 3.05) is 0 Å². The number of pyridine rings is 2. The zero-order valence-corrected chi connectivity index (χ0v) is 19.0. The van der Waals surface area contributed by atoms with Gasteiger partial charge in [0, 0.05) is 44.6 Å². The monoisotopic (exact) mass is 462 g/mol. The molecule has 168 valence electrons. The van der Waals surface area contributed by atoms with E-state index in [2.05, 4.69) is 46.4 Å². The van der Waals surface area contributed by atoms with Crippen LogP contribution in [0, 0.1) is 0 Å². The Hall–Kier alpha value is -5.10. The van der Waals surface area contributed by atoms with E-state index in [9.17, 15) is 0 Å². The number of rotatable bonds is 0. The number of nitrogens with one attached hydrogen (secondary N) is 2. The fourth-order valence-corrected chi connectivity index (χ4v) is 5.21. The van der Waals surface area contributed by atoms with E-state index in [-0.39, 0.29) is 0 Å². The van der Waals surface area contributed by atoms with E-state index >= 15 is 0 Å². The molecule has 36 heavy (non-hydrogen) atoms. The Kier molecular flexibility index (Phi) is 3.85. The molecule has 1 aromatic carbocycles. The van der Waals surface area contributed by atoms with Gasteiger partial charge in [-0.15, -0.1) is 0 Å². The highest BCUT2D eigenvalue weighted by molar-refractivity contribution is 6.27. The molecule has 0 aliphatic carbocycles. The number of hydrogen-bond acceptors (Lipinski definition) is 4. The molecule has 2 N–H and O–H groups in total. The fourth-order valence-electron chi connectivity index (χ4n) is 5.21. The van der Waals surface area contributed by atoms with Gasteiger partial charge in [0.05, 0.1) is 45.2 Å². The number of aliphatic imine (C=N–C) groups is 2. The first-order chi connectivity index (χ1) is 17.8. The molecule has 4 aromatic heterocycles. The van der Waals surface area contributed by atoms with E-state index in [0.717, 1.165) is 77.5 Å². The van der Waals surface area contributed by atoms with Crippen LogP contribution in [-0.4, -0.2) is 31.4 Å². The van der Waals surface area contributed by atoms with Gasteiger partial charge >= 0.3 is 0 Å². The summed E-state index contributed by atoms with van der Waals surface area (Å²) >= 11 is 0. The van der Waals surface area contributed by atoms with E-state index < -0.39 is 0 Å². The van der Waals surface area contributed by atoms with Gasteiger partial charge in [-0.05, 0) is 72.9 Å². The average Bonchev–Trinajstić information content (AvgIpc) is 3.69. The van der Waals surface area contributed by atoms with Crippen molar-refractivity contribution in [2.45, 2.75) is 0 Å². The lowest BCUT2D eigenvalue weighted by Gasteiger charge is -2.07. The van der Waals surface area contributed by atoms with Gasteiger partial charge in [0.1, 0.15) is 0 Å².